The van der Waals surface area contributed by atoms with E-state index < -0.39 is 38.2 Å². The summed E-state index contributed by atoms with van der Waals surface area (Å²) < 4.78 is 96.6. The Labute approximate surface area is 301 Å². The SMILES string of the molecule is C=N/C=C\C(=N/C)N(Cc1ccc(OC)cc1OC)S(=O)(=O)c1cc(O)c(N[C@H]2CC[C@H](c3cccc(C(F)(F)F)c3)C[C@@H]2N2CCCC2)cc1F. The summed E-state index contributed by atoms with van der Waals surface area (Å²) in [6.07, 6.45) is 1.71. The van der Waals surface area contributed by atoms with Crippen molar-refractivity contribution < 1.29 is 40.6 Å². The Morgan fingerprint density at radius 3 is 2.50 bits per heavy atom. The third kappa shape index (κ3) is 8.52. The summed E-state index contributed by atoms with van der Waals surface area (Å²) in [5.41, 5.74) is 0.355. The van der Waals surface area contributed by atoms with Gasteiger partial charge in [-0.05, 0) is 87.7 Å². The molecular weight excluding hydrogens is 702 g/mol. The zero-order chi connectivity index (χ0) is 37.6. The molecule has 2 N–H and O–H groups in total. The van der Waals surface area contributed by atoms with Crippen molar-refractivity contribution in [1.29, 1.82) is 0 Å². The molecule has 1 saturated carbocycles. The molecule has 280 valence electrons. The van der Waals surface area contributed by atoms with Crippen molar-refractivity contribution in [2.24, 2.45) is 9.98 Å². The second-order valence-electron chi connectivity index (χ2n) is 12.8. The number of anilines is 1. The third-order valence-corrected chi connectivity index (χ3v) is 11.5. The van der Waals surface area contributed by atoms with E-state index in [0.717, 1.165) is 48.4 Å². The molecule has 1 heterocycles. The number of likely N-dealkylation sites (tertiary alicyclic amines) is 1. The minimum atomic E-state index is -4.71. The van der Waals surface area contributed by atoms with Crippen LogP contribution in [0.1, 0.15) is 54.7 Å². The third-order valence-electron chi connectivity index (χ3n) is 9.69. The van der Waals surface area contributed by atoms with E-state index in [4.69, 9.17) is 9.47 Å². The van der Waals surface area contributed by atoms with Gasteiger partial charge in [0, 0.05) is 49.1 Å². The number of nitrogens with one attached hydrogen (secondary N) is 1. The molecular formula is C37H43F4N5O5S. The van der Waals surface area contributed by atoms with Gasteiger partial charge in [-0.2, -0.15) is 13.2 Å². The van der Waals surface area contributed by atoms with Crippen LogP contribution >= 0.6 is 0 Å². The number of benzene rings is 3. The predicted octanol–water partition coefficient (Wildman–Crippen LogP) is 7.21. The molecule has 0 bridgehead atoms. The summed E-state index contributed by atoms with van der Waals surface area (Å²) in [6, 6.07) is 11.7. The standard InChI is InChI=1S/C37H43F4N5O5S/c1-42-15-14-36(43-2)46(23-26-10-12-28(50-3)20-34(26)51-4)52(48,49)35-22-33(47)31(21-29(35)38)44-30-13-11-25(19-32(30)45-16-5-6-17-45)24-8-7-9-27(18-24)37(39,40)41/h7-10,12,14-15,18,20-22,25,30,32,44,47H,1,5-6,11,13,16-17,19,23H2,2-4H3/b15-14-,43-36+/t25-,30-,32-/m0/s1. The number of nitrogens with zero attached hydrogens (tertiary/aromatic N) is 4. The number of alkyl halides is 3. The van der Waals surface area contributed by atoms with Crippen molar-refractivity contribution in [2.45, 2.75) is 67.7 Å². The summed E-state index contributed by atoms with van der Waals surface area (Å²) in [5, 5.41) is 14.5. The molecule has 0 aromatic heterocycles. The number of methoxy groups -OCH3 is 2. The monoisotopic (exact) mass is 745 g/mol. The number of hydrogen-bond donors (Lipinski definition) is 2. The van der Waals surface area contributed by atoms with Crippen molar-refractivity contribution >= 4 is 28.3 Å². The maximum atomic E-state index is 16.1. The molecule has 0 amide bonds. The van der Waals surface area contributed by atoms with Gasteiger partial charge < -0.3 is 19.9 Å². The van der Waals surface area contributed by atoms with Crippen LogP contribution in [0.4, 0.5) is 23.2 Å². The van der Waals surface area contributed by atoms with Gasteiger partial charge in [0.15, 0.2) is 0 Å². The average Bonchev–Trinajstić information content (AvgIpc) is 3.67. The lowest BCUT2D eigenvalue weighted by atomic mass is 9.77. The fourth-order valence-electron chi connectivity index (χ4n) is 7.05. The Hall–Kier alpha value is -4.63. The van der Waals surface area contributed by atoms with Crippen molar-refractivity contribution in [1.82, 2.24) is 9.21 Å². The fourth-order valence-corrected chi connectivity index (χ4v) is 8.55. The van der Waals surface area contributed by atoms with Crippen LogP contribution in [-0.4, -0.2) is 81.7 Å². The molecule has 3 atom stereocenters. The summed E-state index contributed by atoms with van der Waals surface area (Å²) in [5.74, 6) is -1.01. The maximum absolute atomic E-state index is 16.1. The molecule has 2 aliphatic rings. The van der Waals surface area contributed by atoms with Crippen LogP contribution in [0, 0.1) is 5.82 Å². The van der Waals surface area contributed by atoms with Crippen LogP contribution in [0.15, 0.2) is 81.8 Å². The number of halogens is 4. The van der Waals surface area contributed by atoms with Crippen molar-refractivity contribution in [3.63, 3.8) is 0 Å². The number of aliphatic imine (C=N–C) groups is 2. The van der Waals surface area contributed by atoms with E-state index in [2.05, 4.69) is 26.9 Å². The molecule has 15 heteroatoms. The highest BCUT2D eigenvalue weighted by atomic mass is 32.2. The van der Waals surface area contributed by atoms with E-state index in [1.807, 2.05) is 0 Å². The highest BCUT2D eigenvalue weighted by molar-refractivity contribution is 7.89. The van der Waals surface area contributed by atoms with Gasteiger partial charge >= 0.3 is 6.18 Å². The Morgan fingerprint density at radius 2 is 1.85 bits per heavy atom. The Morgan fingerprint density at radius 1 is 1.10 bits per heavy atom. The minimum absolute atomic E-state index is 0.00618. The number of hydrogen-bond acceptors (Lipinski definition) is 9. The highest BCUT2D eigenvalue weighted by Crippen LogP contribution is 2.41. The topological polar surface area (TPSA) is 116 Å². The first kappa shape index (κ1) is 38.6. The van der Waals surface area contributed by atoms with Crippen molar-refractivity contribution in [2.75, 3.05) is 39.7 Å². The largest absolute Gasteiger partial charge is 0.506 e. The zero-order valence-corrected chi connectivity index (χ0v) is 30.1. The summed E-state index contributed by atoms with van der Waals surface area (Å²) in [7, 11) is -0.440. The molecule has 0 spiro atoms. The van der Waals surface area contributed by atoms with Gasteiger partial charge in [-0.25, -0.2) is 17.1 Å². The lowest BCUT2D eigenvalue weighted by Gasteiger charge is -2.42. The van der Waals surface area contributed by atoms with E-state index in [1.54, 1.807) is 24.3 Å². The number of ether oxygens (including phenoxy) is 2. The lowest BCUT2D eigenvalue weighted by Crippen LogP contribution is -2.49. The fraction of sp³-hybridized carbons (Fsp3) is 0.405. The number of phenolic OH excluding ortho intramolecular Hbond substituents is 1. The molecule has 2 fully saturated rings. The first-order chi connectivity index (χ1) is 24.8. The second-order valence-corrected chi connectivity index (χ2v) is 14.6. The predicted molar refractivity (Wildman–Crippen MR) is 192 cm³/mol. The smallest absolute Gasteiger partial charge is 0.416 e. The first-order valence-corrected chi connectivity index (χ1v) is 18.3. The molecule has 5 rings (SSSR count). The summed E-state index contributed by atoms with van der Waals surface area (Å²) in [4.78, 5) is 9.25. The van der Waals surface area contributed by atoms with Gasteiger partial charge in [-0.15, -0.1) is 0 Å². The van der Waals surface area contributed by atoms with Crippen LogP contribution in [0.5, 0.6) is 17.2 Å². The van der Waals surface area contributed by atoms with Gasteiger partial charge in [0.1, 0.15) is 33.8 Å². The normalized spacial score (nSPS) is 20.2. The van der Waals surface area contributed by atoms with E-state index >= 15 is 4.39 Å². The van der Waals surface area contributed by atoms with Crippen LogP contribution in [0.2, 0.25) is 0 Å². The molecule has 1 saturated heterocycles. The zero-order valence-electron chi connectivity index (χ0n) is 29.2. The molecule has 1 aliphatic heterocycles. The Balaban J connectivity index is 1.45. The Bertz CT molecular complexity index is 1910. The molecule has 1 aliphatic carbocycles. The van der Waals surface area contributed by atoms with Gasteiger partial charge in [-0.1, -0.05) is 18.2 Å². The highest BCUT2D eigenvalue weighted by Gasteiger charge is 2.38. The number of aromatic hydroxyl groups is 1. The second kappa shape index (κ2) is 16.4. The summed E-state index contributed by atoms with van der Waals surface area (Å²) in [6.45, 7) is 4.68. The molecule has 52 heavy (non-hydrogen) atoms. The van der Waals surface area contributed by atoms with E-state index in [9.17, 15) is 26.7 Å². The molecule has 10 nitrogen and oxygen atoms in total. The number of amidine groups is 1. The van der Waals surface area contributed by atoms with Crippen LogP contribution in [-0.2, 0) is 22.7 Å². The minimum Gasteiger partial charge on any atom is -0.506 e. The number of rotatable bonds is 12. The van der Waals surface area contributed by atoms with Crippen LogP contribution in [0.25, 0.3) is 0 Å². The lowest BCUT2D eigenvalue weighted by molar-refractivity contribution is -0.137. The number of phenols is 1. The van der Waals surface area contributed by atoms with Crippen LogP contribution < -0.4 is 14.8 Å². The maximum Gasteiger partial charge on any atom is 0.416 e. The molecule has 0 unspecified atom stereocenters. The van der Waals surface area contributed by atoms with Crippen LogP contribution in [0.3, 0.4) is 0 Å². The summed E-state index contributed by atoms with van der Waals surface area (Å²) >= 11 is 0. The molecule has 3 aromatic rings. The van der Waals surface area contributed by atoms with E-state index in [0.29, 0.717) is 41.9 Å². The van der Waals surface area contributed by atoms with Gasteiger partial charge in [0.25, 0.3) is 10.0 Å². The van der Waals surface area contributed by atoms with E-state index in [-0.39, 0.29) is 36.1 Å². The van der Waals surface area contributed by atoms with Crippen molar-refractivity contribution in [3.05, 3.63) is 89.4 Å². The quantitative estimate of drug-likeness (QED) is 0.0872. The Kier molecular flexibility index (Phi) is 12.1. The number of sulfonamides is 1. The van der Waals surface area contributed by atoms with E-state index in [1.165, 1.54) is 45.7 Å². The van der Waals surface area contributed by atoms with Crippen molar-refractivity contribution in [3.8, 4) is 17.2 Å². The first-order valence-electron chi connectivity index (χ1n) is 16.8. The average molecular weight is 746 g/mol. The van der Waals surface area contributed by atoms with Gasteiger partial charge in [0.05, 0.1) is 32.0 Å². The van der Waals surface area contributed by atoms with Gasteiger partial charge in [0.2, 0.25) is 0 Å². The molecule has 0 radical (unpaired) electrons. The molecule has 3 aromatic carbocycles. The van der Waals surface area contributed by atoms with Gasteiger partial charge in [-0.3, -0.25) is 14.9 Å².